The summed E-state index contributed by atoms with van der Waals surface area (Å²) in [5.41, 5.74) is 1.92. The molecular weight excluding hydrogens is 356 g/mol. The molecule has 134 valence electrons. The van der Waals surface area contributed by atoms with E-state index in [-0.39, 0.29) is 11.7 Å². The second-order valence-electron chi connectivity index (χ2n) is 5.45. The number of ether oxygens (including phenoxy) is 2. The zero-order valence-corrected chi connectivity index (χ0v) is 14.8. The SMILES string of the molecule is CCn1nnc2c(SCC(=O)Nc3ccc4c(c3)OCCO4)ncnc21. The Balaban J connectivity index is 1.42. The first-order chi connectivity index (χ1) is 12.7. The smallest absolute Gasteiger partial charge is 0.234 e. The van der Waals surface area contributed by atoms with Crippen LogP contribution in [0.3, 0.4) is 0 Å². The fourth-order valence-corrected chi connectivity index (χ4v) is 3.27. The molecule has 4 rings (SSSR count). The molecule has 3 heterocycles. The fraction of sp³-hybridized carbons (Fsp3) is 0.312. The Hall–Kier alpha value is -2.88. The summed E-state index contributed by atoms with van der Waals surface area (Å²) in [5, 5.41) is 11.6. The number of hydrogen-bond donors (Lipinski definition) is 1. The van der Waals surface area contributed by atoms with Crippen LogP contribution in [0.4, 0.5) is 5.69 Å². The number of carbonyl (C=O) groups is 1. The number of aryl methyl sites for hydroxylation is 1. The van der Waals surface area contributed by atoms with Crippen molar-refractivity contribution in [3.63, 3.8) is 0 Å². The van der Waals surface area contributed by atoms with Gasteiger partial charge in [-0.25, -0.2) is 14.6 Å². The highest BCUT2D eigenvalue weighted by atomic mass is 32.2. The van der Waals surface area contributed by atoms with E-state index in [0.29, 0.717) is 53.1 Å². The third-order valence-corrected chi connectivity index (χ3v) is 4.71. The lowest BCUT2D eigenvalue weighted by Crippen LogP contribution is -2.17. The van der Waals surface area contributed by atoms with Gasteiger partial charge < -0.3 is 14.8 Å². The third-order valence-electron chi connectivity index (χ3n) is 3.73. The summed E-state index contributed by atoms with van der Waals surface area (Å²) in [6.07, 6.45) is 1.46. The number of anilines is 1. The van der Waals surface area contributed by atoms with Crippen molar-refractivity contribution >= 4 is 34.5 Å². The lowest BCUT2D eigenvalue weighted by molar-refractivity contribution is -0.113. The normalized spacial score (nSPS) is 13.0. The van der Waals surface area contributed by atoms with Gasteiger partial charge in [0.15, 0.2) is 22.7 Å². The van der Waals surface area contributed by atoms with Crippen molar-refractivity contribution in [2.45, 2.75) is 18.5 Å². The summed E-state index contributed by atoms with van der Waals surface area (Å²) < 4.78 is 12.7. The van der Waals surface area contributed by atoms with E-state index in [4.69, 9.17) is 9.47 Å². The van der Waals surface area contributed by atoms with E-state index in [9.17, 15) is 4.79 Å². The quantitative estimate of drug-likeness (QED) is 0.533. The molecule has 0 saturated carbocycles. The van der Waals surface area contributed by atoms with Gasteiger partial charge in [-0.15, -0.1) is 5.10 Å². The van der Waals surface area contributed by atoms with Crippen LogP contribution in [0.25, 0.3) is 11.2 Å². The van der Waals surface area contributed by atoms with Crippen molar-refractivity contribution in [1.82, 2.24) is 25.0 Å². The summed E-state index contributed by atoms with van der Waals surface area (Å²) in [6.45, 7) is 3.67. The fourth-order valence-electron chi connectivity index (χ4n) is 2.54. The molecule has 26 heavy (non-hydrogen) atoms. The summed E-state index contributed by atoms with van der Waals surface area (Å²) >= 11 is 1.29. The van der Waals surface area contributed by atoms with Gasteiger partial charge in [0.1, 0.15) is 24.6 Å². The number of hydrogen-bond acceptors (Lipinski definition) is 8. The molecule has 1 N–H and O–H groups in total. The average molecular weight is 372 g/mol. The van der Waals surface area contributed by atoms with Crippen molar-refractivity contribution in [3.8, 4) is 11.5 Å². The standard InChI is InChI=1S/C16H16N6O3S/c1-2-22-15-14(20-21-22)16(18-9-17-15)26-8-13(23)19-10-3-4-11-12(7-10)25-6-5-24-11/h3-4,7,9H,2,5-6,8H2,1H3,(H,19,23). The largest absolute Gasteiger partial charge is 0.486 e. The molecule has 0 bridgehead atoms. The number of fused-ring (bicyclic) bond motifs is 2. The van der Waals surface area contributed by atoms with Gasteiger partial charge in [-0.3, -0.25) is 4.79 Å². The van der Waals surface area contributed by atoms with Crippen LogP contribution in [0.5, 0.6) is 11.5 Å². The van der Waals surface area contributed by atoms with E-state index >= 15 is 0 Å². The van der Waals surface area contributed by atoms with Crippen LogP contribution < -0.4 is 14.8 Å². The van der Waals surface area contributed by atoms with Gasteiger partial charge in [-0.2, -0.15) is 0 Å². The Labute approximate surface area is 153 Å². The predicted octanol–water partition coefficient (Wildman–Crippen LogP) is 1.74. The molecule has 1 aliphatic rings. The molecule has 0 saturated heterocycles. The van der Waals surface area contributed by atoms with Crippen molar-refractivity contribution in [2.75, 3.05) is 24.3 Å². The molecule has 0 radical (unpaired) electrons. The highest BCUT2D eigenvalue weighted by Crippen LogP contribution is 2.32. The molecule has 10 heteroatoms. The van der Waals surface area contributed by atoms with E-state index in [2.05, 4.69) is 25.6 Å². The van der Waals surface area contributed by atoms with Crippen molar-refractivity contribution < 1.29 is 14.3 Å². The molecule has 9 nitrogen and oxygen atoms in total. The minimum atomic E-state index is -0.152. The molecule has 1 aromatic carbocycles. The maximum atomic E-state index is 12.3. The van der Waals surface area contributed by atoms with Crippen molar-refractivity contribution in [2.24, 2.45) is 0 Å². The second kappa shape index (κ2) is 7.16. The van der Waals surface area contributed by atoms with Crippen molar-refractivity contribution in [1.29, 1.82) is 0 Å². The van der Waals surface area contributed by atoms with Crippen LogP contribution in [0, 0.1) is 0 Å². The molecule has 1 aliphatic heterocycles. The van der Waals surface area contributed by atoms with Crippen LogP contribution in [0.2, 0.25) is 0 Å². The lowest BCUT2D eigenvalue weighted by atomic mass is 10.2. The third kappa shape index (κ3) is 3.27. The monoisotopic (exact) mass is 372 g/mol. The lowest BCUT2D eigenvalue weighted by Gasteiger charge is -2.18. The van der Waals surface area contributed by atoms with Crippen LogP contribution in [0.1, 0.15) is 6.92 Å². The molecule has 0 spiro atoms. The second-order valence-corrected chi connectivity index (χ2v) is 6.42. The number of benzene rings is 1. The number of carbonyl (C=O) groups excluding carboxylic acids is 1. The zero-order chi connectivity index (χ0) is 17.9. The van der Waals surface area contributed by atoms with E-state index in [1.807, 2.05) is 6.92 Å². The first-order valence-electron chi connectivity index (χ1n) is 8.11. The number of nitrogens with one attached hydrogen (secondary N) is 1. The Bertz CT molecular complexity index is 960. The maximum absolute atomic E-state index is 12.3. The molecule has 0 atom stereocenters. The molecule has 2 aromatic heterocycles. The summed E-state index contributed by atoms with van der Waals surface area (Å²) in [5.74, 6) is 1.36. The average Bonchev–Trinajstić information content (AvgIpc) is 3.10. The minimum absolute atomic E-state index is 0.152. The molecule has 3 aromatic rings. The van der Waals surface area contributed by atoms with Crippen LogP contribution >= 0.6 is 11.8 Å². The number of thioether (sulfide) groups is 1. The van der Waals surface area contributed by atoms with Gasteiger partial charge in [-0.05, 0) is 19.1 Å². The summed E-state index contributed by atoms with van der Waals surface area (Å²) in [7, 11) is 0. The number of rotatable bonds is 5. The zero-order valence-electron chi connectivity index (χ0n) is 14.0. The van der Waals surface area contributed by atoms with E-state index in [1.165, 1.54) is 18.1 Å². The van der Waals surface area contributed by atoms with Gasteiger partial charge in [0.05, 0.1) is 5.75 Å². The molecule has 0 aliphatic carbocycles. The molecule has 0 fully saturated rings. The highest BCUT2D eigenvalue weighted by molar-refractivity contribution is 8.00. The van der Waals surface area contributed by atoms with E-state index in [0.717, 1.165) is 0 Å². The Kier molecular flexibility index (Phi) is 4.57. The van der Waals surface area contributed by atoms with E-state index < -0.39 is 0 Å². The van der Waals surface area contributed by atoms with Crippen LogP contribution in [-0.2, 0) is 11.3 Å². The molecular formula is C16H16N6O3S. The van der Waals surface area contributed by atoms with Crippen molar-refractivity contribution in [3.05, 3.63) is 24.5 Å². The Morgan fingerprint density at radius 2 is 2.12 bits per heavy atom. The van der Waals surface area contributed by atoms with Gasteiger partial charge in [0, 0.05) is 18.3 Å². The minimum Gasteiger partial charge on any atom is -0.486 e. The predicted molar refractivity (Wildman–Crippen MR) is 95.6 cm³/mol. The Morgan fingerprint density at radius 1 is 1.27 bits per heavy atom. The number of nitrogens with zero attached hydrogens (tertiary/aromatic N) is 5. The highest BCUT2D eigenvalue weighted by Gasteiger charge is 2.15. The summed E-state index contributed by atoms with van der Waals surface area (Å²) in [6, 6.07) is 5.33. The first-order valence-corrected chi connectivity index (χ1v) is 9.09. The first kappa shape index (κ1) is 16.6. The van der Waals surface area contributed by atoms with E-state index in [1.54, 1.807) is 22.9 Å². The molecule has 0 unspecified atom stereocenters. The van der Waals surface area contributed by atoms with Gasteiger partial charge in [0.2, 0.25) is 5.91 Å². The maximum Gasteiger partial charge on any atom is 0.234 e. The summed E-state index contributed by atoms with van der Waals surface area (Å²) in [4.78, 5) is 20.7. The molecule has 1 amide bonds. The van der Waals surface area contributed by atoms with Gasteiger partial charge in [0.25, 0.3) is 0 Å². The van der Waals surface area contributed by atoms with Gasteiger partial charge >= 0.3 is 0 Å². The van der Waals surface area contributed by atoms with Gasteiger partial charge in [-0.1, -0.05) is 17.0 Å². The van der Waals surface area contributed by atoms with Crippen LogP contribution in [-0.4, -0.2) is 49.8 Å². The number of aromatic nitrogens is 5. The Morgan fingerprint density at radius 3 is 2.96 bits per heavy atom. The number of amides is 1. The van der Waals surface area contributed by atoms with Crippen LogP contribution in [0.15, 0.2) is 29.6 Å². The topological polar surface area (TPSA) is 104 Å².